The number of nitrogens with two attached hydrogens (primary N) is 1. The second-order valence-corrected chi connectivity index (χ2v) is 5.27. The summed E-state index contributed by atoms with van der Waals surface area (Å²) >= 11 is 3.29. The van der Waals surface area contributed by atoms with E-state index >= 15 is 0 Å². The Hall–Kier alpha value is -2.15. The number of nitrogens with one attached hydrogen (secondary N) is 2. The van der Waals surface area contributed by atoms with Crippen LogP contribution >= 0.6 is 15.9 Å². The highest BCUT2D eigenvalue weighted by molar-refractivity contribution is 9.10. The molecule has 2 aromatic carbocycles. The highest BCUT2D eigenvalue weighted by atomic mass is 79.9. The standard InChI is InChI=1S/C14H12BrF2N3O/c1-7-4-9(15)13(11(18)5-7)20-14(21)19-12-3-2-8(16)6-10(12)17/h2-6H,18H2,1H3,(H2,19,20,21). The van der Waals surface area contributed by atoms with Gasteiger partial charge in [0.05, 0.1) is 17.1 Å². The first-order valence-electron chi connectivity index (χ1n) is 5.95. The molecule has 110 valence electrons. The summed E-state index contributed by atoms with van der Waals surface area (Å²) in [5.41, 5.74) is 7.36. The number of urea groups is 1. The second-order valence-electron chi connectivity index (χ2n) is 4.41. The van der Waals surface area contributed by atoms with E-state index < -0.39 is 17.7 Å². The van der Waals surface area contributed by atoms with Gasteiger partial charge >= 0.3 is 6.03 Å². The molecule has 0 aliphatic rings. The molecule has 7 heteroatoms. The van der Waals surface area contributed by atoms with Gasteiger partial charge < -0.3 is 16.4 Å². The highest BCUT2D eigenvalue weighted by Gasteiger charge is 2.12. The number of nitrogen functional groups attached to an aromatic ring is 1. The van der Waals surface area contributed by atoms with Gasteiger partial charge in [0.1, 0.15) is 11.6 Å². The van der Waals surface area contributed by atoms with Crippen LogP contribution in [-0.2, 0) is 0 Å². The Labute approximate surface area is 128 Å². The number of carbonyl (C=O) groups is 1. The molecule has 0 heterocycles. The molecule has 0 aromatic heterocycles. The molecule has 0 atom stereocenters. The van der Waals surface area contributed by atoms with Gasteiger partial charge in [0.25, 0.3) is 0 Å². The van der Waals surface area contributed by atoms with Crippen molar-refractivity contribution in [3.05, 3.63) is 52.0 Å². The summed E-state index contributed by atoms with van der Waals surface area (Å²) in [6, 6.07) is 5.67. The third-order valence-electron chi connectivity index (χ3n) is 2.68. The van der Waals surface area contributed by atoms with Crippen LogP contribution in [0.3, 0.4) is 0 Å². The molecule has 21 heavy (non-hydrogen) atoms. The largest absolute Gasteiger partial charge is 0.397 e. The lowest BCUT2D eigenvalue weighted by molar-refractivity contribution is 0.262. The first-order valence-corrected chi connectivity index (χ1v) is 6.75. The molecule has 4 nitrogen and oxygen atoms in total. The predicted molar refractivity (Wildman–Crippen MR) is 82.3 cm³/mol. The summed E-state index contributed by atoms with van der Waals surface area (Å²) in [5, 5.41) is 4.80. The molecule has 2 rings (SSSR count). The number of amides is 2. The summed E-state index contributed by atoms with van der Waals surface area (Å²) in [5.74, 6) is -1.58. The van der Waals surface area contributed by atoms with Gasteiger partial charge in [-0.3, -0.25) is 0 Å². The van der Waals surface area contributed by atoms with Crippen molar-refractivity contribution in [3.8, 4) is 0 Å². The monoisotopic (exact) mass is 355 g/mol. The summed E-state index contributed by atoms with van der Waals surface area (Å²) in [6.45, 7) is 1.86. The molecule has 0 aliphatic heterocycles. The number of carbonyl (C=O) groups excluding carboxylic acids is 1. The first kappa shape index (κ1) is 15.2. The van der Waals surface area contributed by atoms with Crippen LogP contribution < -0.4 is 16.4 Å². The van der Waals surface area contributed by atoms with Crippen LogP contribution in [0.2, 0.25) is 0 Å². The molecular weight excluding hydrogens is 344 g/mol. The van der Waals surface area contributed by atoms with Gasteiger partial charge in [-0.25, -0.2) is 13.6 Å². The van der Waals surface area contributed by atoms with E-state index in [0.717, 1.165) is 17.7 Å². The minimum absolute atomic E-state index is 0.129. The van der Waals surface area contributed by atoms with Crippen molar-refractivity contribution in [2.75, 3.05) is 16.4 Å². The Morgan fingerprint density at radius 2 is 1.90 bits per heavy atom. The normalized spacial score (nSPS) is 10.3. The minimum Gasteiger partial charge on any atom is -0.397 e. The third kappa shape index (κ3) is 3.69. The highest BCUT2D eigenvalue weighted by Crippen LogP contribution is 2.30. The van der Waals surface area contributed by atoms with Crippen molar-refractivity contribution in [1.29, 1.82) is 0 Å². The Balaban J connectivity index is 2.16. The minimum atomic E-state index is -0.860. The van der Waals surface area contributed by atoms with Crippen LogP contribution in [0.1, 0.15) is 5.56 Å². The third-order valence-corrected chi connectivity index (χ3v) is 3.31. The first-order chi connectivity index (χ1) is 9.86. The van der Waals surface area contributed by atoms with E-state index in [2.05, 4.69) is 26.6 Å². The average molecular weight is 356 g/mol. The van der Waals surface area contributed by atoms with Crippen LogP contribution in [0.15, 0.2) is 34.8 Å². The molecular formula is C14H12BrF2N3O. The molecule has 0 fully saturated rings. The van der Waals surface area contributed by atoms with Gasteiger partial charge in [-0.2, -0.15) is 0 Å². The van der Waals surface area contributed by atoms with E-state index in [1.54, 1.807) is 12.1 Å². The van der Waals surface area contributed by atoms with E-state index in [0.29, 0.717) is 21.9 Å². The van der Waals surface area contributed by atoms with Gasteiger partial charge in [0, 0.05) is 10.5 Å². The maximum atomic E-state index is 13.4. The molecule has 0 unspecified atom stereocenters. The van der Waals surface area contributed by atoms with Crippen LogP contribution in [0.4, 0.5) is 30.6 Å². The zero-order chi connectivity index (χ0) is 15.6. The quantitative estimate of drug-likeness (QED) is 0.704. The number of aryl methyl sites for hydroxylation is 1. The topological polar surface area (TPSA) is 67.1 Å². The molecule has 0 bridgehead atoms. The lowest BCUT2D eigenvalue weighted by Gasteiger charge is -2.12. The van der Waals surface area contributed by atoms with Crippen LogP contribution in [-0.4, -0.2) is 6.03 Å². The molecule has 0 saturated carbocycles. The molecule has 2 amide bonds. The molecule has 0 radical (unpaired) electrons. The molecule has 0 saturated heterocycles. The van der Waals surface area contributed by atoms with Crippen molar-refractivity contribution >= 4 is 39.0 Å². The van der Waals surface area contributed by atoms with Gasteiger partial charge in [0.2, 0.25) is 0 Å². The van der Waals surface area contributed by atoms with Crippen molar-refractivity contribution in [2.24, 2.45) is 0 Å². The van der Waals surface area contributed by atoms with Crippen molar-refractivity contribution < 1.29 is 13.6 Å². The van der Waals surface area contributed by atoms with Crippen molar-refractivity contribution in [1.82, 2.24) is 0 Å². The molecule has 2 aromatic rings. The zero-order valence-electron chi connectivity index (χ0n) is 11.0. The SMILES string of the molecule is Cc1cc(N)c(NC(=O)Nc2ccc(F)cc2F)c(Br)c1. The van der Waals surface area contributed by atoms with Crippen LogP contribution in [0.25, 0.3) is 0 Å². The number of halogens is 3. The smallest absolute Gasteiger partial charge is 0.323 e. The summed E-state index contributed by atoms with van der Waals surface area (Å²) < 4.78 is 26.8. The van der Waals surface area contributed by atoms with Crippen LogP contribution in [0.5, 0.6) is 0 Å². The number of hydrogen-bond donors (Lipinski definition) is 3. The summed E-state index contributed by atoms with van der Waals surface area (Å²) in [6.07, 6.45) is 0. The predicted octanol–water partition coefficient (Wildman–Crippen LogP) is 4.26. The van der Waals surface area contributed by atoms with Crippen molar-refractivity contribution in [2.45, 2.75) is 6.92 Å². The fraction of sp³-hybridized carbons (Fsp3) is 0.0714. The van der Waals surface area contributed by atoms with E-state index in [9.17, 15) is 13.6 Å². The molecule has 0 aliphatic carbocycles. The van der Waals surface area contributed by atoms with E-state index in [4.69, 9.17) is 5.73 Å². The van der Waals surface area contributed by atoms with Crippen LogP contribution in [0, 0.1) is 18.6 Å². The Morgan fingerprint density at radius 3 is 2.52 bits per heavy atom. The maximum absolute atomic E-state index is 13.4. The van der Waals surface area contributed by atoms with Crippen molar-refractivity contribution in [3.63, 3.8) is 0 Å². The average Bonchev–Trinajstić information content (AvgIpc) is 2.37. The summed E-state index contributed by atoms with van der Waals surface area (Å²) in [4.78, 5) is 11.8. The number of anilines is 3. The van der Waals surface area contributed by atoms with Gasteiger partial charge in [-0.15, -0.1) is 0 Å². The Kier molecular flexibility index (Phi) is 4.42. The Morgan fingerprint density at radius 1 is 1.19 bits per heavy atom. The zero-order valence-corrected chi connectivity index (χ0v) is 12.6. The van der Waals surface area contributed by atoms with E-state index in [1.165, 1.54) is 0 Å². The van der Waals surface area contributed by atoms with E-state index in [1.807, 2.05) is 6.92 Å². The second kappa shape index (κ2) is 6.09. The van der Waals surface area contributed by atoms with Gasteiger partial charge in [-0.1, -0.05) is 0 Å². The lowest BCUT2D eigenvalue weighted by atomic mass is 10.2. The van der Waals surface area contributed by atoms with E-state index in [-0.39, 0.29) is 5.69 Å². The fourth-order valence-corrected chi connectivity index (χ4v) is 2.45. The summed E-state index contributed by atoms with van der Waals surface area (Å²) in [7, 11) is 0. The maximum Gasteiger partial charge on any atom is 0.323 e. The number of benzene rings is 2. The molecule has 4 N–H and O–H groups in total. The lowest BCUT2D eigenvalue weighted by Crippen LogP contribution is -2.21. The van der Waals surface area contributed by atoms with Gasteiger partial charge in [0.15, 0.2) is 0 Å². The number of hydrogen-bond acceptors (Lipinski definition) is 2. The fourth-order valence-electron chi connectivity index (χ4n) is 1.76. The van der Waals surface area contributed by atoms with Gasteiger partial charge in [-0.05, 0) is 52.7 Å². The number of rotatable bonds is 2. The molecule has 0 spiro atoms. The Bertz CT molecular complexity index is 684.